The summed E-state index contributed by atoms with van der Waals surface area (Å²) in [5.74, 6) is -0.612. The second kappa shape index (κ2) is 7.84. The zero-order chi connectivity index (χ0) is 15.1. The molecule has 0 radical (unpaired) electrons. The molecule has 1 fully saturated rings. The largest absolute Gasteiger partial charge is 0.301 e. The van der Waals surface area contributed by atoms with Crippen molar-refractivity contribution in [2.45, 2.75) is 25.0 Å². The average molecular weight is 316 g/mol. The van der Waals surface area contributed by atoms with E-state index in [4.69, 9.17) is 4.84 Å². The van der Waals surface area contributed by atoms with Crippen LogP contribution >= 0.6 is 0 Å². The molecule has 0 aromatic heterocycles. The standard InChI is InChI=1S/C14H21FN2O3S/c15-14-6-4-13(5-7-14)12-21(18,19)16-20-11-10-17-8-2-1-3-9-17/h4-7,16H,1-3,8-12H2. The highest BCUT2D eigenvalue weighted by molar-refractivity contribution is 7.88. The molecule has 2 rings (SSSR count). The van der Waals surface area contributed by atoms with Crippen molar-refractivity contribution in [3.05, 3.63) is 35.6 Å². The molecule has 118 valence electrons. The van der Waals surface area contributed by atoms with Crippen molar-refractivity contribution in [2.75, 3.05) is 26.2 Å². The Kier molecular flexibility index (Phi) is 6.10. The predicted octanol–water partition coefficient (Wildman–Crippen LogP) is 1.66. The summed E-state index contributed by atoms with van der Waals surface area (Å²) in [6.07, 6.45) is 3.65. The molecule has 1 aromatic rings. The minimum atomic E-state index is -3.56. The number of hydrogen-bond donors (Lipinski definition) is 1. The molecule has 0 atom stereocenters. The van der Waals surface area contributed by atoms with E-state index in [1.54, 1.807) is 0 Å². The lowest BCUT2D eigenvalue weighted by atomic mass is 10.1. The van der Waals surface area contributed by atoms with Crippen LogP contribution in [0, 0.1) is 5.82 Å². The van der Waals surface area contributed by atoms with Gasteiger partial charge in [-0.15, -0.1) is 0 Å². The van der Waals surface area contributed by atoms with E-state index >= 15 is 0 Å². The Morgan fingerprint density at radius 1 is 1.14 bits per heavy atom. The van der Waals surface area contributed by atoms with Crippen molar-refractivity contribution in [2.24, 2.45) is 0 Å². The first-order valence-corrected chi connectivity index (χ1v) is 8.78. The van der Waals surface area contributed by atoms with Crippen molar-refractivity contribution < 1.29 is 17.6 Å². The van der Waals surface area contributed by atoms with E-state index in [1.165, 1.54) is 43.5 Å². The lowest BCUT2D eigenvalue weighted by molar-refractivity contribution is 0.0655. The molecule has 5 nitrogen and oxygen atoms in total. The van der Waals surface area contributed by atoms with E-state index in [2.05, 4.69) is 9.79 Å². The van der Waals surface area contributed by atoms with Crippen LogP contribution in [-0.4, -0.2) is 39.6 Å². The highest BCUT2D eigenvalue weighted by atomic mass is 32.2. The Morgan fingerprint density at radius 2 is 1.81 bits per heavy atom. The van der Waals surface area contributed by atoms with Crippen molar-refractivity contribution >= 4 is 10.0 Å². The molecule has 0 aliphatic carbocycles. The molecule has 0 bridgehead atoms. The summed E-state index contributed by atoms with van der Waals surface area (Å²) in [5, 5.41) is 0. The summed E-state index contributed by atoms with van der Waals surface area (Å²) >= 11 is 0. The summed E-state index contributed by atoms with van der Waals surface area (Å²) in [7, 11) is -3.56. The highest BCUT2D eigenvalue weighted by Gasteiger charge is 2.13. The Balaban J connectivity index is 1.69. The third kappa shape index (κ3) is 6.09. The van der Waals surface area contributed by atoms with E-state index in [0.717, 1.165) is 19.6 Å². The second-order valence-electron chi connectivity index (χ2n) is 5.22. The Bertz CT molecular complexity index is 528. The van der Waals surface area contributed by atoms with Gasteiger partial charge in [-0.2, -0.15) is 0 Å². The fourth-order valence-corrected chi connectivity index (χ4v) is 3.27. The second-order valence-corrected chi connectivity index (χ2v) is 6.90. The topological polar surface area (TPSA) is 58.6 Å². The van der Waals surface area contributed by atoms with Crippen molar-refractivity contribution in [1.82, 2.24) is 9.79 Å². The number of halogens is 1. The van der Waals surface area contributed by atoms with Crippen LogP contribution in [0.15, 0.2) is 24.3 Å². The van der Waals surface area contributed by atoms with Gasteiger partial charge in [0.1, 0.15) is 5.82 Å². The van der Waals surface area contributed by atoms with Gasteiger partial charge in [-0.05, 0) is 43.6 Å². The van der Waals surface area contributed by atoms with Gasteiger partial charge in [0.2, 0.25) is 10.0 Å². The van der Waals surface area contributed by atoms with Crippen LogP contribution in [0.4, 0.5) is 4.39 Å². The van der Waals surface area contributed by atoms with Gasteiger partial charge in [0.05, 0.1) is 12.4 Å². The van der Waals surface area contributed by atoms with Crippen LogP contribution in [0.25, 0.3) is 0 Å². The fraction of sp³-hybridized carbons (Fsp3) is 0.571. The number of rotatable bonds is 7. The van der Waals surface area contributed by atoms with Gasteiger partial charge in [-0.1, -0.05) is 23.4 Å². The molecule has 0 amide bonds. The van der Waals surface area contributed by atoms with Gasteiger partial charge in [-0.25, -0.2) is 12.8 Å². The molecular weight excluding hydrogens is 295 g/mol. The average Bonchev–Trinajstić information content (AvgIpc) is 2.47. The van der Waals surface area contributed by atoms with Crippen LogP contribution in [0.5, 0.6) is 0 Å². The molecule has 0 unspecified atom stereocenters. The number of sulfonamides is 1. The molecule has 7 heteroatoms. The molecule has 0 spiro atoms. The van der Waals surface area contributed by atoms with Gasteiger partial charge in [0, 0.05) is 6.54 Å². The number of hydrogen-bond acceptors (Lipinski definition) is 4. The zero-order valence-electron chi connectivity index (χ0n) is 11.9. The van der Waals surface area contributed by atoms with E-state index in [1.807, 2.05) is 0 Å². The first-order valence-electron chi connectivity index (χ1n) is 7.13. The molecule has 21 heavy (non-hydrogen) atoms. The van der Waals surface area contributed by atoms with Gasteiger partial charge >= 0.3 is 0 Å². The third-order valence-corrected chi connectivity index (χ3v) is 4.50. The summed E-state index contributed by atoms with van der Waals surface area (Å²) in [6.45, 7) is 3.14. The molecule has 1 aliphatic rings. The van der Waals surface area contributed by atoms with E-state index in [0.29, 0.717) is 12.2 Å². The number of benzene rings is 1. The third-order valence-electron chi connectivity index (χ3n) is 3.41. The first-order chi connectivity index (χ1) is 10.1. The molecule has 1 aromatic carbocycles. The van der Waals surface area contributed by atoms with Crippen molar-refractivity contribution in [3.8, 4) is 0 Å². The molecular formula is C14H21FN2O3S. The van der Waals surface area contributed by atoms with Gasteiger partial charge in [0.25, 0.3) is 0 Å². The normalized spacial score (nSPS) is 17.0. The minimum Gasteiger partial charge on any atom is -0.301 e. The Hall–Kier alpha value is -1.02. The minimum absolute atomic E-state index is 0.225. The zero-order valence-corrected chi connectivity index (χ0v) is 12.7. The highest BCUT2D eigenvalue weighted by Crippen LogP contribution is 2.08. The first kappa shape index (κ1) is 16.4. The SMILES string of the molecule is O=S(=O)(Cc1ccc(F)cc1)NOCCN1CCCCC1. The smallest absolute Gasteiger partial charge is 0.237 e. The lowest BCUT2D eigenvalue weighted by Crippen LogP contribution is -2.35. The summed E-state index contributed by atoms with van der Waals surface area (Å²) in [5.41, 5.74) is 0.517. The monoisotopic (exact) mass is 316 g/mol. The summed E-state index contributed by atoms with van der Waals surface area (Å²) in [4.78, 5) is 9.42. The molecule has 1 heterocycles. The van der Waals surface area contributed by atoms with Crippen LogP contribution < -0.4 is 4.89 Å². The van der Waals surface area contributed by atoms with Gasteiger partial charge in [-0.3, -0.25) is 4.84 Å². The number of nitrogens with zero attached hydrogens (tertiary/aromatic N) is 1. The van der Waals surface area contributed by atoms with Crippen LogP contribution in [0.1, 0.15) is 24.8 Å². The molecule has 1 N–H and O–H groups in total. The van der Waals surface area contributed by atoms with Crippen LogP contribution in [0.2, 0.25) is 0 Å². The van der Waals surface area contributed by atoms with Crippen LogP contribution in [-0.2, 0) is 20.6 Å². The summed E-state index contributed by atoms with van der Waals surface area (Å²) < 4.78 is 36.3. The quantitative estimate of drug-likeness (QED) is 0.614. The van der Waals surface area contributed by atoms with Gasteiger partial charge < -0.3 is 4.90 Å². The number of nitrogens with one attached hydrogen (secondary N) is 1. The van der Waals surface area contributed by atoms with E-state index in [9.17, 15) is 12.8 Å². The lowest BCUT2D eigenvalue weighted by Gasteiger charge is -2.25. The molecule has 1 aliphatic heterocycles. The van der Waals surface area contributed by atoms with Crippen molar-refractivity contribution in [3.63, 3.8) is 0 Å². The molecule has 0 saturated carbocycles. The number of piperidine rings is 1. The van der Waals surface area contributed by atoms with Gasteiger partial charge in [0.15, 0.2) is 0 Å². The molecule has 1 saturated heterocycles. The van der Waals surface area contributed by atoms with Crippen LogP contribution in [0.3, 0.4) is 0 Å². The maximum Gasteiger partial charge on any atom is 0.237 e. The predicted molar refractivity (Wildman–Crippen MR) is 78.4 cm³/mol. The van der Waals surface area contributed by atoms with E-state index in [-0.39, 0.29) is 11.6 Å². The maximum absolute atomic E-state index is 12.8. The van der Waals surface area contributed by atoms with Crippen molar-refractivity contribution in [1.29, 1.82) is 0 Å². The Labute approximate surface area is 125 Å². The maximum atomic E-state index is 12.8. The van der Waals surface area contributed by atoms with E-state index < -0.39 is 10.0 Å². The summed E-state index contributed by atoms with van der Waals surface area (Å²) in [6, 6.07) is 5.37. The fourth-order valence-electron chi connectivity index (χ4n) is 2.32. The number of likely N-dealkylation sites (tertiary alicyclic amines) is 1. The Morgan fingerprint density at radius 3 is 2.48 bits per heavy atom.